The van der Waals surface area contributed by atoms with Crippen LogP contribution in [0, 0.1) is 0 Å². The maximum atomic E-state index is 12.1. The van der Waals surface area contributed by atoms with Gasteiger partial charge < -0.3 is 19.7 Å². The van der Waals surface area contributed by atoms with Gasteiger partial charge in [-0.05, 0) is 60.7 Å². The minimum absolute atomic E-state index is 0.118. The van der Waals surface area contributed by atoms with Crippen LogP contribution in [0.3, 0.4) is 0 Å². The molecule has 5 heteroatoms. The molecule has 0 aliphatic carbocycles. The van der Waals surface area contributed by atoms with E-state index in [1.807, 2.05) is 18.2 Å². The molecule has 0 saturated carbocycles. The number of fused-ring (bicyclic) bond motifs is 1. The number of hydrogen-bond acceptors (Lipinski definition) is 4. The molecular weight excluding hydrogens is 340 g/mol. The largest absolute Gasteiger partial charge is 0.454 e. The molecule has 0 unspecified atom stereocenters. The van der Waals surface area contributed by atoms with Gasteiger partial charge in [-0.3, -0.25) is 4.79 Å². The number of carbonyl (C=O) groups is 1. The highest BCUT2D eigenvalue weighted by atomic mass is 16.7. The minimum atomic E-state index is -0.118. The van der Waals surface area contributed by atoms with Gasteiger partial charge in [-0.25, -0.2) is 0 Å². The number of piperidine rings is 1. The second-order valence-corrected chi connectivity index (χ2v) is 6.88. The Morgan fingerprint density at radius 3 is 2.59 bits per heavy atom. The zero-order valence-electron chi connectivity index (χ0n) is 15.3. The smallest absolute Gasteiger partial charge is 0.244 e. The maximum Gasteiger partial charge on any atom is 0.244 e. The van der Waals surface area contributed by atoms with E-state index in [4.69, 9.17) is 9.47 Å². The van der Waals surface area contributed by atoms with E-state index in [0.29, 0.717) is 12.3 Å². The lowest BCUT2D eigenvalue weighted by Crippen LogP contribution is -2.29. The number of amides is 1. The number of anilines is 1. The normalized spacial score (nSPS) is 15.9. The highest BCUT2D eigenvalue weighted by Gasteiger charge is 2.12. The second-order valence-electron chi connectivity index (χ2n) is 6.88. The summed E-state index contributed by atoms with van der Waals surface area (Å²) in [6.45, 7) is 3.05. The number of hydrogen-bond donors (Lipinski definition) is 1. The van der Waals surface area contributed by atoms with Gasteiger partial charge in [0.15, 0.2) is 11.5 Å². The standard InChI is InChI=1S/C22H24N2O3/c25-22(11-7-17-6-10-20-21(14-17)27-16-26-20)23-15-18-4-8-19(9-5-18)24-12-2-1-3-13-24/h4-11,14H,1-3,12-13,15-16H2,(H,23,25)/b11-7+. The second kappa shape index (κ2) is 8.16. The number of rotatable bonds is 5. The van der Waals surface area contributed by atoms with Crippen LogP contribution < -0.4 is 19.7 Å². The highest BCUT2D eigenvalue weighted by Crippen LogP contribution is 2.32. The first-order chi connectivity index (χ1) is 13.3. The van der Waals surface area contributed by atoms with Crippen LogP contribution in [0.1, 0.15) is 30.4 Å². The van der Waals surface area contributed by atoms with Gasteiger partial charge in [-0.15, -0.1) is 0 Å². The monoisotopic (exact) mass is 364 g/mol. The average molecular weight is 364 g/mol. The first-order valence-electron chi connectivity index (χ1n) is 9.47. The molecule has 140 valence electrons. The molecule has 5 nitrogen and oxygen atoms in total. The van der Waals surface area contributed by atoms with Gasteiger partial charge in [0.2, 0.25) is 12.7 Å². The van der Waals surface area contributed by atoms with Crippen molar-refractivity contribution in [2.24, 2.45) is 0 Å². The number of nitrogens with one attached hydrogen (secondary N) is 1. The van der Waals surface area contributed by atoms with Crippen molar-refractivity contribution < 1.29 is 14.3 Å². The summed E-state index contributed by atoms with van der Waals surface area (Å²) in [6.07, 6.45) is 7.19. The topological polar surface area (TPSA) is 50.8 Å². The lowest BCUT2D eigenvalue weighted by atomic mass is 10.1. The molecule has 0 spiro atoms. The fourth-order valence-corrected chi connectivity index (χ4v) is 3.41. The van der Waals surface area contributed by atoms with Crippen molar-refractivity contribution in [2.45, 2.75) is 25.8 Å². The van der Waals surface area contributed by atoms with Crippen molar-refractivity contribution in [3.63, 3.8) is 0 Å². The summed E-state index contributed by atoms with van der Waals surface area (Å²) in [4.78, 5) is 14.5. The summed E-state index contributed by atoms with van der Waals surface area (Å²) in [7, 11) is 0. The van der Waals surface area contributed by atoms with Crippen LogP contribution in [0.15, 0.2) is 48.5 Å². The Morgan fingerprint density at radius 1 is 1.00 bits per heavy atom. The molecule has 4 rings (SSSR count). The van der Waals surface area contributed by atoms with Gasteiger partial charge in [-0.1, -0.05) is 18.2 Å². The van der Waals surface area contributed by atoms with Crippen molar-refractivity contribution >= 4 is 17.7 Å². The SMILES string of the molecule is O=C(/C=C/c1ccc2c(c1)OCO2)NCc1ccc(N2CCCCC2)cc1. The molecule has 1 N–H and O–H groups in total. The molecule has 0 radical (unpaired) electrons. The van der Waals surface area contributed by atoms with Gasteiger partial charge in [0.05, 0.1) is 0 Å². The van der Waals surface area contributed by atoms with E-state index in [2.05, 4.69) is 34.5 Å². The molecule has 2 aliphatic rings. The van der Waals surface area contributed by atoms with Crippen LogP contribution in [0.25, 0.3) is 6.08 Å². The Kier molecular flexibility index (Phi) is 5.28. The van der Waals surface area contributed by atoms with Crippen LogP contribution >= 0.6 is 0 Å². The van der Waals surface area contributed by atoms with Crippen LogP contribution in [-0.4, -0.2) is 25.8 Å². The predicted molar refractivity (Wildman–Crippen MR) is 106 cm³/mol. The first kappa shape index (κ1) is 17.5. The molecule has 0 bridgehead atoms. The van der Waals surface area contributed by atoms with E-state index in [-0.39, 0.29) is 12.7 Å². The Bertz CT molecular complexity index is 824. The third kappa shape index (κ3) is 4.42. The predicted octanol–water partition coefficient (Wildman–Crippen LogP) is 3.74. The molecule has 1 amide bonds. The Labute approximate surface area is 159 Å². The zero-order chi connectivity index (χ0) is 18.5. The molecule has 0 aromatic heterocycles. The molecule has 27 heavy (non-hydrogen) atoms. The average Bonchev–Trinajstić information content (AvgIpc) is 3.19. The van der Waals surface area contributed by atoms with Crippen LogP contribution in [0.4, 0.5) is 5.69 Å². The summed E-state index contributed by atoms with van der Waals surface area (Å²) < 4.78 is 10.6. The van der Waals surface area contributed by atoms with Gasteiger partial charge in [0, 0.05) is 31.4 Å². The van der Waals surface area contributed by atoms with Gasteiger partial charge in [0.1, 0.15) is 0 Å². The van der Waals surface area contributed by atoms with E-state index in [0.717, 1.165) is 30.0 Å². The summed E-state index contributed by atoms with van der Waals surface area (Å²) in [5.41, 5.74) is 3.27. The molecule has 1 fully saturated rings. The van der Waals surface area contributed by atoms with Crippen molar-refractivity contribution in [1.82, 2.24) is 5.32 Å². The quantitative estimate of drug-likeness (QED) is 0.822. The third-order valence-electron chi connectivity index (χ3n) is 4.95. The lowest BCUT2D eigenvalue weighted by Gasteiger charge is -2.28. The van der Waals surface area contributed by atoms with Crippen molar-refractivity contribution in [2.75, 3.05) is 24.8 Å². The summed E-state index contributed by atoms with van der Waals surface area (Å²) >= 11 is 0. The maximum absolute atomic E-state index is 12.1. The fraction of sp³-hybridized carbons (Fsp3) is 0.318. The highest BCUT2D eigenvalue weighted by molar-refractivity contribution is 5.91. The van der Waals surface area contributed by atoms with Crippen molar-refractivity contribution in [1.29, 1.82) is 0 Å². The van der Waals surface area contributed by atoms with Crippen LogP contribution in [0.2, 0.25) is 0 Å². The van der Waals surface area contributed by atoms with Gasteiger partial charge >= 0.3 is 0 Å². The van der Waals surface area contributed by atoms with Crippen molar-refractivity contribution in [3.8, 4) is 11.5 Å². The van der Waals surface area contributed by atoms with E-state index >= 15 is 0 Å². The molecule has 0 atom stereocenters. The lowest BCUT2D eigenvalue weighted by molar-refractivity contribution is -0.116. The summed E-state index contributed by atoms with van der Waals surface area (Å²) in [6, 6.07) is 14.1. The third-order valence-corrected chi connectivity index (χ3v) is 4.95. The first-order valence-corrected chi connectivity index (χ1v) is 9.47. The van der Waals surface area contributed by atoms with E-state index in [1.165, 1.54) is 24.9 Å². The van der Waals surface area contributed by atoms with Crippen LogP contribution in [-0.2, 0) is 11.3 Å². The Balaban J connectivity index is 1.28. The molecule has 2 aromatic rings. The van der Waals surface area contributed by atoms with Gasteiger partial charge in [0.25, 0.3) is 0 Å². The van der Waals surface area contributed by atoms with Crippen molar-refractivity contribution in [3.05, 3.63) is 59.7 Å². The molecule has 2 aliphatic heterocycles. The van der Waals surface area contributed by atoms with Gasteiger partial charge in [-0.2, -0.15) is 0 Å². The molecule has 2 aromatic carbocycles. The van der Waals surface area contributed by atoms with Crippen LogP contribution in [0.5, 0.6) is 11.5 Å². The number of carbonyl (C=O) groups excluding carboxylic acids is 1. The van der Waals surface area contributed by atoms with E-state index in [9.17, 15) is 4.79 Å². The fourth-order valence-electron chi connectivity index (χ4n) is 3.41. The minimum Gasteiger partial charge on any atom is -0.454 e. The van der Waals surface area contributed by atoms with E-state index in [1.54, 1.807) is 12.2 Å². The molecular formula is C22H24N2O3. The Hall–Kier alpha value is -2.95. The van der Waals surface area contributed by atoms with E-state index < -0.39 is 0 Å². The number of benzene rings is 2. The summed E-state index contributed by atoms with van der Waals surface area (Å²) in [5.74, 6) is 1.34. The number of nitrogens with zero attached hydrogens (tertiary/aromatic N) is 1. The number of ether oxygens (including phenoxy) is 2. The zero-order valence-corrected chi connectivity index (χ0v) is 15.3. The molecule has 1 saturated heterocycles. The Morgan fingerprint density at radius 2 is 1.78 bits per heavy atom. The molecule has 2 heterocycles. The summed E-state index contributed by atoms with van der Waals surface area (Å²) in [5, 5.41) is 2.93.